The smallest absolute Gasteiger partial charge is 0.265 e. The zero-order valence-electron chi connectivity index (χ0n) is 19.1. The Labute approximate surface area is 197 Å². The molecule has 0 atom stereocenters. The van der Waals surface area contributed by atoms with Gasteiger partial charge in [-0.15, -0.1) is 0 Å². The van der Waals surface area contributed by atoms with E-state index in [1.807, 2.05) is 13.0 Å². The zero-order chi connectivity index (χ0) is 24.1. The third-order valence-electron chi connectivity index (χ3n) is 5.82. The van der Waals surface area contributed by atoms with Gasteiger partial charge in [0.05, 0.1) is 24.5 Å². The standard InChI is InChI=1S/C25H26N6O3/c1-3-17(2)29-24(32)21-13-19-12-20(22-5-4-18(14-26)15-27-22)16-28-23(19)31(25(21)33)7-6-30-8-10-34-11-9-30/h4-5,12-13,15-16H,2-3,6-11H2,1H3,(H,29,32). The topological polar surface area (TPSA) is 113 Å². The van der Waals surface area contributed by atoms with Crippen molar-refractivity contribution in [2.45, 2.75) is 19.9 Å². The number of morpholine rings is 1. The lowest BCUT2D eigenvalue weighted by Gasteiger charge is -2.27. The molecule has 1 fully saturated rings. The third kappa shape index (κ3) is 5.03. The lowest BCUT2D eigenvalue weighted by atomic mass is 10.1. The van der Waals surface area contributed by atoms with Crippen molar-refractivity contribution in [1.29, 1.82) is 5.26 Å². The van der Waals surface area contributed by atoms with E-state index in [4.69, 9.17) is 10.00 Å². The number of nitrogens with zero attached hydrogens (tertiary/aromatic N) is 5. The van der Waals surface area contributed by atoms with E-state index in [0.717, 1.165) is 18.7 Å². The summed E-state index contributed by atoms with van der Waals surface area (Å²) in [6.45, 7) is 9.65. The molecule has 1 aliphatic heterocycles. The summed E-state index contributed by atoms with van der Waals surface area (Å²) < 4.78 is 6.97. The average molecular weight is 459 g/mol. The van der Waals surface area contributed by atoms with Gasteiger partial charge < -0.3 is 10.1 Å². The summed E-state index contributed by atoms with van der Waals surface area (Å²) in [5.41, 5.74) is 2.52. The van der Waals surface area contributed by atoms with Gasteiger partial charge in [-0.3, -0.25) is 24.0 Å². The van der Waals surface area contributed by atoms with Crippen LogP contribution in [0, 0.1) is 11.3 Å². The molecule has 1 amide bonds. The Kier molecular flexibility index (Phi) is 7.11. The number of rotatable bonds is 7. The number of fused-ring (bicyclic) bond motifs is 1. The van der Waals surface area contributed by atoms with Crippen molar-refractivity contribution >= 4 is 16.9 Å². The lowest BCUT2D eigenvalue weighted by molar-refractivity contribution is 0.0364. The van der Waals surface area contributed by atoms with E-state index in [-0.39, 0.29) is 11.1 Å². The van der Waals surface area contributed by atoms with Gasteiger partial charge in [0.1, 0.15) is 17.3 Å². The molecule has 1 N–H and O–H groups in total. The van der Waals surface area contributed by atoms with Gasteiger partial charge in [0.25, 0.3) is 11.5 Å². The second-order valence-corrected chi connectivity index (χ2v) is 8.06. The largest absolute Gasteiger partial charge is 0.379 e. The summed E-state index contributed by atoms with van der Waals surface area (Å²) in [5, 5.41) is 12.4. The summed E-state index contributed by atoms with van der Waals surface area (Å²) in [5.74, 6) is -0.485. The van der Waals surface area contributed by atoms with Crippen molar-refractivity contribution in [1.82, 2.24) is 24.8 Å². The Bertz CT molecular complexity index is 1320. The predicted molar refractivity (Wildman–Crippen MR) is 128 cm³/mol. The minimum atomic E-state index is -0.485. The summed E-state index contributed by atoms with van der Waals surface area (Å²) in [4.78, 5) is 37.3. The van der Waals surface area contributed by atoms with Crippen LogP contribution < -0.4 is 10.9 Å². The molecule has 0 aromatic carbocycles. The van der Waals surface area contributed by atoms with Crippen molar-refractivity contribution in [3.63, 3.8) is 0 Å². The van der Waals surface area contributed by atoms with E-state index in [2.05, 4.69) is 32.8 Å². The monoisotopic (exact) mass is 458 g/mol. The van der Waals surface area contributed by atoms with E-state index in [1.165, 1.54) is 6.20 Å². The van der Waals surface area contributed by atoms with Crippen molar-refractivity contribution in [2.75, 3.05) is 32.8 Å². The maximum absolute atomic E-state index is 13.3. The Morgan fingerprint density at radius 3 is 2.68 bits per heavy atom. The Morgan fingerprint density at radius 1 is 1.21 bits per heavy atom. The fraction of sp³-hybridized carbons (Fsp3) is 0.320. The fourth-order valence-electron chi connectivity index (χ4n) is 3.79. The van der Waals surface area contributed by atoms with Gasteiger partial charge >= 0.3 is 0 Å². The molecule has 3 aromatic rings. The summed E-state index contributed by atoms with van der Waals surface area (Å²) in [7, 11) is 0. The van der Waals surface area contributed by atoms with Gasteiger partial charge in [-0.1, -0.05) is 13.5 Å². The lowest BCUT2D eigenvalue weighted by Crippen LogP contribution is -2.40. The molecule has 0 aliphatic carbocycles. The highest BCUT2D eigenvalue weighted by Crippen LogP contribution is 2.22. The quantitative estimate of drug-likeness (QED) is 0.578. The molecule has 9 nitrogen and oxygen atoms in total. The first-order chi connectivity index (χ1) is 16.5. The van der Waals surface area contributed by atoms with E-state index in [1.54, 1.807) is 29.0 Å². The van der Waals surface area contributed by atoms with Crippen molar-refractivity contribution in [3.8, 4) is 17.3 Å². The van der Waals surface area contributed by atoms with Crippen molar-refractivity contribution < 1.29 is 9.53 Å². The number of nitrogens with one attached hydrogen (secondary N) is 1. The first-order valence-corrected chi connectivity index (χ1v) is 11.2. The highest BCUT2D eigenvalue weighted by molar-refractivity contribution is 5.98. The molecular formula is C25H26N6O3. The third-order valence-corrected chi connectivity index (χ3v) is 5.82. The summed E-state index contributed by atoms with van der Waals surface area (Å²) in [6.07, 6.45) is 3.72. The van der Waals surface area contributed by atoms with Gasteiger partial charge in [0.15, 0.2) is 0 Å². The number of hydrogen-bond donors (Lipinski definition) is 1. The maximum atomic E-state index is 13.3. The SMILES string of the molecule is C=C(CC)NC(=O)c1cc2cc(-c3ccc(C#N)cn3)cnc2n(CCN2CCOCC2)c1=O. The normalized spacial score (nSPS) is 14.0. The van der Waals surface area contributed by atoms with Crippen LogP contribution in [-0.2, 0) is 11.3 Å². The van der Waals surface area contributed by atoms with E-state index < -0.39 is 5.91 Å². The zero-order valence-corrected chi connectivity index (χ0v) is 19.1. The molecule has 1 saturated heterocycles. The van der Waals surface area contributed by atoms with Crippen molar-refractivity contribution in [3.05, 3.63) is 70.4 Å². The number of allylic oxidation sites excluding steroid dienone is 1. The number of pyridine rings is 3. The highest BCUT2D eigenvalue weighted by Gasteiger charge is 2.19. The molecule has 0 bridgehead atoms. The Morgan fingerprint density at radius 2 is 2.00 bits per heavy atom. The van der Waals surface area contributed by atoms with Gasteiger partial charge in [-0.2, -0.15) is 5.26 Å². The molecule has 34 heavy (non-hydrogen) atoms. The number of carbonyl (C=O) groups excluding carboxylic acids is 1. The van der Waals surface area contributed by atoms with Crippen LogP contribution in [0.2, 0.25) is 0 Å². The molecule has 4 rings (SSSR count). The minimum Gasteiger partial charge on any atom is -0.379 e. The highest BCUT2D eigenvalue weighted by atomic mass is 16.5. The number of ether oxygens (including phenoxy) is 1. The first-order valence-electron chi connectivity index (χ1n) is 11.2. The second-order valence-electron chi connectivity index (χ2n) is 8.06. The number of nitriles is 1. The maximum Gasteiger partial charge on any atom is 0.265 e. The first kappa shape index (κ1) is 23.3. The van der Waals surface area contributed by atoms with Gasteiger partial charge in [0, 0.05) is 55.2 Å². The molecule has 1 aliphatic rings. The van der Waals surface area contributed by atoms with Crippen LogP contribution in [0.3, 0.4) is 0 Å². The molecule has 174 valence electrons. The van der Waals surface area contributed by atoms with Crippen LogP contribution in [0.15, 0.2) is 53.7 Å². The van der Waals surface area contributed by atoms with Crippen LogP contribution >= 0.6 is 0 Å². The van der Waals surface area contributed by atoms with Gasteiger partial charge in [0.2, 0.25) is 0 Å². The number of carbonyl (C=O) groups is 1. The number of hydrogen-bond acceptors (Lipinski definition) is 7. The Hall–Kier alpha value is -3.87. The predicted octanol–water partition coefficient (Wildman–Crippen LogP) is 2.32. The molecular weight excluding hydrogens is 432 g/mol. The van der Waals surface area contributed by atoms with Gasteiger partial charge in [-0.05, 0) is 30.7 Å². The fourth-order valence-corrected chi connectivity index (χ4v) is 3.79. The van der Waals surface area contributed by atoms with Crippen LogP contribution in [0.1, 0.15) is 29.3 Å². The minimum absolute atomic E-state index is 0.0378. The molecule has 9 heteroatoms. The summed E-state index contributed by atoms with van der Waals surface area (Å²) >= 11 is 0. The number of aromatic nitrogens is 3. The molecule has 4 heterocycles. The summed E-state index contributed by atoms with van der Waals surface area (Å²) in [6, 6.07) is 8.91. The van der Waals surface area contributed by atoms with Crippen molar-refractivity contribution in [2.24, 2.45) is 0 Å². The van der Waals surface area contributed by atoms with Crippen LogP contribution in [0.25, 0.3) is 22.3 Å². The van der Waals surface area contributed by atoms with E-state index in [9.17, 15) is 9.59 Å². The number of amides is 1. The average Bonchev–Trinajstić information content (AvgIpc) is 2.88. The second kappa shape index (κ2) is 10.4. The molecule has 0 radical (unpaired) electrons. The molecule has 3 aromatic heterocycles. The van der Waals surface area contributed by atoms with Crippen LogP contribution in [-0.4, -0.2) is 58.2 Å². The van der Waals surface area contributed by atoms with Gasteiger partial charge in [-0.25, -0.2) is 4.98 Å². The molecule has 0 unspecified atom stereocenters. The van der Waals surface area contributed by atoms with Crippen LogP contribution in [0.4, 0.5) is 0 Å². The Balaban J connectivity index is 1.76. The molecule has 0 saturated carbocycles. The molecule has 0 spiro atoms. The van der Waals surface area contributed by atoms with Crippen LogP contribution in [0.5, 0.6) is 0 Å². The van der Waals surface area contributed by atoms with E-state index >= 15 is 0 Å². The van der Waals surface area contributed by atoms with E-state index in [0.29, 0.717) is 60.7 Å².